The van der Waals surface area contributed by atoms with Crippen molar-refractivity contribution in [2.24, 2.45) is 11.8 Å². The number of sulfonamides is 1. The Balaban J connectivity index is 1.15. The average molecular weight is 768 g/mol. The number of carboxylic acids is 2. The Labute approximate surface area is 320 Å². The molecular weight excluding hydrogens is 723 g/mol. The maximum Gasteiger partial charge on any atom is 0.335 e. The Bertz CT molecular complexity index is 2140. The fourth-order valence-electron chi connectivity index (χ4n) is 6.83. The number of aromatic carboxylic acids is 1. The molecule has 4 aromatic carbocycles. The van der Waals surface area contributed by atoms with Crippen LogP contribution in [0.2, 0.25) is 0 Å². The molecular formula is C42H45N3O9S. The summed E-state index contributed by atoms with van der Waals surface area (Å²) in [5.41, 5.74) is 3.27. The first-order chi connectivity index (χ1) is 26.4. The molecule has 0 atom stereocenters. The van der Waals surface area contributed by atoms with Crippen molar-refractivity contribution in [3.05, 3.63) is 119 Å². The zero-order chi connectivity index (χ0) is 39.1. The Morgan fingerprint density at radius 3 is 2.00 bits per heavy atom. The predicted molar refractivity (Wildman–Crippen MR) is 207 cm³/mol. The van der Waals surface area contributed by atoms with Crippen LogP contribution >= 0.6 is 0 Å². The van der Waals surface area contributed by atoms with E-state index in [1.54, 1.807) is 61.5 Å². The number of ether oxygens (including phenoxy) is 1. The van der Waals surface area contributed by atoms with E-state index in [0.717, 1.165) is 24.0 Å². The highest BCUT2D eigenvalue weighted by Crippen LogP contribution is 2.33. The van der Waals surface area contributed by atoms with Gasteiger partial charge in [-0.25, -0.2) is 13.2 Å². The zero-order valence-corrected chi connectivity index (χ0v) is 31.4. The third-order valence-corrected chi connectivity index (χ3v) is 12.3. The van der Waals surface area contributed by atoms with Gasteiger partial charge in [-0.15, -0.1) is 0 Å². The van der Waals surface area contributed by atoms with E-state index >= 15 is 0 Å². The Hall–Kier alpha value is -5.53. The molecule has 2 aliphatic rings. The normalized spacial score (nSPS) is 17.0. The summed E-state index contributed by atoms with van der Waals surface area (Å²) in [6, 6.07) is 24.4. The van der Waals surface area contributed by atoms with Crippen LogP contribution in [0.15, 0.2) is 95.9 Å². The summed E-state index contributed by atoms with van der Waals surface area (Å²) < 4.78 is 35.0. The highest BCUT2D eigenvalue weighted by Gasteiger charge is 2.35. The van der Waals surface area contributed by atoms with Gasteiger partial charge in [-0.2, -0.15) is 4.31 Å². The first kappa shape index (κ1) is 39.2. The van der Waals surface area contributed by atoms with Gasteiger partial charge in [0.25, 0.3) is 11.8 Å². The molecule has 0 spiro atoms. The van der Waals surface area contributed by atoms with Gasteiger partial charge in [0.05, 0.1) is 34.2 Å². The summed E-state index contributed by atoms with van der Waals surface area (Å²) in [5.74, 6) is -2.45. The number of hydrogen-bond donors (Lipinski definition) is 4. The molecule has 0 aliphatic heterocycles. The highest BCUT2D eigenvalue weighted by atomic mass is 32.2. The number of carboxylic acid groups (broad SMARTS) is 2. The minimum absolute atomic E-state index is 0.0521. The molecule has 4 aromatic rings. The average Bonchev–Trinajstić information content (AvgIpc) is 4.02. The number of aryl methyl sites for hydroxylation is 2. The van der Waals surface area contributed by atoms with E-state index in [1.165, 1.54) is 28.6 Å². The van der Waals surface area contributed by atoms with Crippen molar-refractivity contribution in [2.75, 3.05) is 23.8 Å². The molecule has 13 heteroatoms. The van der Waals surface area contributed by atoms with Crippen LogP contribution < -0.4 is 15.4 Å². The molecule has 0 heterocycles. The van der Waals surface area contributed by atoms with Crippen molar-refractivity contribution in [1.82, 2.24) is 4.31 Å². The summed E-state index contributed by atoms with van der Waals surface area (Å²) in [5, 5.41) is 24.2. The van der Waals surface area contributed by atoms with Gasteiger partial charge in [-0.05, 0) is 129 Å². The highest BCUT2D eigenvalue weighted by molar-refractivity contribution is 7.89. The SMILES string of the molecule is CCN([C@H]1CC[C@H](C(=O)O)CC1)S(=O)(=O)c1cccc(C(=O)Nc2ccc(OCC3CC3)cc2C(=O)Nc2ccc(CCc3ccc(C(=O)O)cc3)cc2)c1. The molecule has 4 N–H and O–H groups in total. The predicted octanol–water partition coefficient (Wildman–Crippen LogP) is 7.12. The van der Waals surface area contributed by atoms with Crippen molar-refractivity contribution in [3.8, 4) is 5.75 Å². The third-order valence-electron chi connectivity index (χ3n) is 10.2. The number of hydrogen-bond acceptors (Lipinski definition) is 7. The van der Waals surface area contributed by atoms with Crippen LogP contribution in [0.4, 0.5) is 11.4 Å². The zero-order valence-electron chi connectivity index (χ0n) is 30.6. The second kappa shape index (κ2) is 17.3. The van der Waals surface area contributed by atoms with Gasteiger partial charge in [0.1, 0.15) is 5.75 Å². The lowest BCUT2D eigenvalue weighted by Gasteiger charge is -2.34. The van der Waals surface area contributed by atoms with Crippen LogP contribution in [-0.2, 0) is 27.7 Å². The van der Waals surface area contributed by atoms with Gasteiger partial charge in [0, 0.05) is 23.8 Å². The number of nitrogens with zero attached hydrogens (tertiary/aromatic N) is 1. The van der Waals surface area contributed by atoms with Crippen LogP contribution in [0, 0.1) is 11.8 Å². The first-order valence-electron chi connectivity index (χ1n) is 18.6. The fourth-order valence-corrected chi connectivity index (χ4v) is 8.57. The number of amides is 2. The van der Waals surface area contributed by atoms with Crippen LogP contribution in [0.3, 0.4) is 0 Å². The number of benzene rings is 4. The van der Waals surface area contributed by atoms with Crippen molar-refractivity contribution in [3.63, 3.8) is 0 Å². The van der Waals surface area contributed by atoms with E-state index in [2.05, 4.69) is 10.6 Å². The molecule has 6 rings (SSSR count). The van der Waals surface area contributed by atoms with Crippen molar-refractivity contribution in [2.45, 2.75) is 69.2 Å². The maximum atomic E-state index is 13.8. The molecule has 0 bridgehead atoms. The summed E-state index contributed by atoms with van der Waals surface area (Å²) in [6.45, 7) is 2.46. The molecule has 0 saturated heterocycles. The molecule has 0 unspecified atom stereocenters. The Morgan fingerprint density at radius 1 is 0.745 bits per heavy atom. The van der Waals surface area contributed by atoms with Crippen LogP contribution in [-0.4, -0.2) is 65.9 Å². The van der Waals surface area contributed by atoms with Gasteiger partial charge in [-0.1, -0.05) is 37.3 Å². The summed E-state index contributed by atoms with van der Waals surface area (Å²) in [4.78, 5) is 49.9. The largest absolute Gasteiger partial charge is 0.493 e. The van der Waals surface area contributed by atoms with Crippen molar-refractivity contribution >= 4 is 45.2 Å². The molecule has 2 amide bonds. The molecule has 0 radical (unpaired) electrons. The van der Waals surface area contributed by atoms with E-state index in [1.807, 2.05) is 12.1 Å². The molecule has 2 saturated carbocycles. The number of carbonyl (C=O) groups excluding carboxylic acids is 2. The number of anilines is 2. The van der Waals surface area contributed by atoms with E-state index in [-0.39, 0.29) is 39.9 Å². The number of nitrogens with one attached hydrogen (secondary N) is 2. The van der Waals surface area contributed by atoms with Crippen LogP contribution in [0.1, 0.15) is 87.6 Å². The Kier molecular flexibility index (Phi) is 12.3. The lowest BCUT2D eigenvalue weighted by atomic mass is 9.86. The molecule has 2 fully saturated rings. The smallest absolute Gasteiger partial charge is 0.335 e. The van der Waals surface area contributed by atoms with Crippen molar-refractivity contribution < 1.29 is 42.5 Å². The standard InChI is InChI=1S/C42H45N3O9S/c1-2-45(34-20-16-31(17-21-34)42(50)51)55(52,53)36-5-3-4-32(24-36)39(46)44-38-23-22-35(54-26-29-8-9-29)25-37(38)40(47)43-33-18-12-28(13-19-33)7-6-27-10-14-30(15-11-27)41(48)49/h3-5,10-15,18-19,22-25,29,31,34H,2,6-9,16-17,20-21,26H2,1H3,(H,43,47)(H,44,46)(H,48,49)(H,50,51)/t31-,34-. The fraction of sp³-hybridized carbons (Fsp3) is 0.333. The topological polar surface area (TPSA) is 179 Å². The summed E-state index contributed by atoms with van der Waals surface area (Å²) in [6.07, 6.45) is 5.27. The van der Waals surface area contributed by atoms with E-state index in [4.69, 9.17) is 9.84 Å². The quantitative estimate of drug-likeness (QED) is 0.0924. The lowest BCUT2D eigenvalue weighted by molar-refractivity contribution is -0.143. The van der Waals surface area contributed by atoms with Gasteiger partial charge < -0.3 is 25.6 Å². The number of aliphatic carboxylic acids is 1. The van der Waals surface area contributed by atoms with Gasteiger partial charge in [0.15, 0.2) is 0 Å². The Morgan fingerprint density at radius 2 is 1.40 bits per heavy atom. The van der Waals surface area contributed by atoms with E-state index in [0.29, 0.717) is 62.5 Å². The maximum absolute atomic E-state index is 13.8. The van der Waals surface area contributed by atoms with Gasteiger partial charge in [0.2, 0.25) is 10.0 Å². The minimum Gasteiger partial charge on any atom is -0.493 e. The number of rotatable bonds is 16. The van der Waals surface area contributed by atoms with E-state index in [9.17, 15) is 32.7 Å². The molecule has 12 nitrogen and oxygen atoms in total. The minimum atomic E-state index is -4.01. The molecule has 55 heavy (non-hydrogen) atoms. The third kappa shape index (κ3) is 9.97. The van der Waals surface area contributed by atoms with Gasteiger partial charge >= 0.3 is 11.9 Å². The lowest BCUT2D eigenvalue weighted by Crippen LogP contribution is -2.42. The second-order valence-corrected chi connectivity index (χ2v) is 16.0. The second-order valence-electron chi connectivity index (χ2n) is 14.1. The van der Waals surface area contributed by atoms with Crippen LogP contribution in [0.5, 0.6) is 5.75 Å². The number of carbonyl (C=O) groups is 4. The first-order valence-corrected chi connectivity index (χ1v) is 20.0. The molecule has 288 valence electrons. The van der Waals surface area contributed by atoms with E-state index < -0.39 is 39.7 Å². The summed E-state index contributed by atoms with van der Waals surface area (Å²) in [7, 11) is -4.01. The summed E-state index contributed by atoms with van der Waals surface area (Å²) >= 11 is 0. The molecule has 0 aromatic heterocycles. The monoisotopic (exact) mass is 767 g/mol. The van der Waals surface area contributed by atoms with Gasteiger partial charge in [-0.3, -0.25) is 14.4 Å². The van der Waals surface area contributed by atoms with Crippen LogP contribution in [0.25, 0.3) is 0 Å². The molecule has 2 aliphatic carbocycles. The van der Waals surface area contributed by atoms with Crippen molar-refractivity contribution in [1.29, 1.82) is 0 Å².